The Balaban J connectivity index is 1.58. The van der Waals surface area contributed by atoms with E-state index in [4.69, 9.17) is 4.74 Å². The zero-order valence-corrected chi connectivity index (χ0v) is 14.0. The van der Waals surface area contributed by atoms with E-state index >= 15 is 0 Å². The lowest BCUT2D eigenvalue weighted by molar-refractivity contribution is -0.123. The van der Waals surface area contributed by atoms with Crippen LogP contribution in [0.25, 0.3) is 11.3 Å². The number of aryl methyl sites for hydroxylation is 1. The Morgan fingerprint density at radius 3 is 2.64 bits per heavy atom. The number of rotatable bonds is 6. The van der Waals surface area contributed by atoms with Crippen molar-refractivity contribution in [2.45, 2.75) is 13.5 Å². The number of ether oxygens (including phenoxy) is 1. The van der Waals surface area contributed by atoms with Gasteiger partial charge in [0.05, 0.1) is 5.69 Å². The third-order valence-electron chi connectivity index (χ3n) is 3.69. The molecule has 25 heavy (non-hydrogen) atoms. The van der Waals surface area contributed by atoms with E-state index in [1.54, 1.807) is 18.6 Å². The fourth-order valence-corrected chi connectivity index (χ4v) is 2.37. The maximum atomic E-state index is 12.0. The number of hydrogen-bond donors (Lipinski definition) is 1. The van der Waals surface area contributed by atoms with Crippen molar-refractivity contribution in [1.82, 2.24) is 15.3 Å². The summed E-state index contributed by atoms with van der Waals surface area (Å²) in [5.74, 6) is 0.500. The second-order valence-electron chi connectivity index (χ2n) is 5.63. The second-order valence-corrected chi connectivity index (χ2v) is 5.63. The van der Waals surface area contributed by atoms with Crippen molar-refractivity contribution in [2.24, 2.45) is 0 Å². The van der Waals surface area contributed by atoms with Crippen LogP contribution in [0.3, 0.4) is 0 Å². The number of benzene rings is 1. The van der Waals surface area contributed by atoms with E-state index in [1.807, 2.05) is 55.5 Å². The van der Waals surface area contributed by atoms with Crippen molar-refractivity contribution in [3.63, 3.8) is 0 Å². The molecule has 1 N–H and O–H groups in total. The van der Waals surface area contributed by atoms with Crippen molar-refractivity contribution in [3.8, 4) is 17.0 Å². The molecule has 1 amide bonds. The van der Waals surface area contributed by atoms with Gasteiger partial charge in [-0.05, 0) is 42.8 Å². The fourth-order valence-electron chi connectivity index (χ4n) is 2.37. The van der Waals surface area contributed by atoms with E-state index in [2.05, 4.69) is 15.3 Å². The van der Waals surface area contributed by atoms with E-state index in [1.165, 1.54) is 0 Å². The summed E-state index contributed by atoms with van der Waals surface area (Å²) in [7, 11) is 0. The van der Waals surface area contributed by atoms with Gasteiger partial charge in [-0.15, -0.1) is 0 Å². The highest BCUT2D eigenvalue weighted by molar-refractivity contribution is 5.77. The van der Waals surface area contributed by atoms with Crippen molar-refractivity contribution < 1.29 is 9.53 Å². The highest BCUT2D eigenvalue weighted by atomic mass is 16.5. The molecule has 0 unspecified atom stereocenters. The fraction of sp³-hybridized carbons (Fsp3) is 0.150. The molecule has 3 rings (SSSR count). The summed E-state index contributed by atoms with van der Waals surface area (Å²) in [6.45, 7) is 2.37. The van der Waals surface area contributed by atoms with Gasteiger partial charge in [-0.2, -0.15) is 0 Å². The minimum atomic E-state index is -0.179. The summed E-state index contributed by atoms with van der Waals surface area (Å²) in [5, 5.41) is 2.87. The van der Waals surface area contributed by atoms with Gasteiger partial charge in [0.1, 0.15) is 5.75 Å². The highest BCUT2D eigenvalue weighted by Crippen LogP contribution is 2.19. The molecular weight excluding hydrogens is 314 g/mol. The van der Waals surface area contributed by atoms with Crippen LogP contribution in [0.5, 0.6) is 5.75 Å². The SMILES string of the molecule is Cc1ccc(OCC(=O)NCc2cccnc2-c2cccnc2)cc1. The van der Waals surface area contributed by atoms with Gasteiger partial charge in [0.2, 0.25) is 0 Å². The molecule has 1 aromatic carbocycles. The first-order valence-electron chi connectivity index (χ1n) is 8.03. The molecule has 0 fully saturated rings. The summed E-state index contributed by atoms with van der Waals surface area (Å²) >= 11 is 0. The van der Waals surface area contributed by atoms with Crippen LogP contribution in [-0.4, -0.2) is 22.5 Å². The zero-order valence-electron chi connectivity index (χ0n) is 14.0. The topological polar surface area (TPSA) is 64.1 Å². The van der Waals surface area contributed by atoms with Crippen molar-refractivity contribution >= 4 is 5.91 Å². The average Bonchev–Trinajstić information content (AvgIpc) is 2.67. The van der Waals surface area contributed by atoms with Gasteiger partial charge in [-0.25, -0.2) is 0 Å². The first-order chi connectivity index (χ1) is 12.2. The van der Waals surface area contributed by atoms with Crippen molar-refractivity contribution in [3.05, 3.63) is 78.2 Å². The lowest BCUT2D eigenvalue weighted by Gasteiger charge is -2.10. The number of nitrogens with one attached hydrogen (secondary N) is 1. The first-order valence-corrected chi connectivity index (χ1v) is 8.03. The molecule has 126 valence electrons. The van der Waals surface area contributed by atoms with Gasteiger partial charge in [-0.1, -0.05) is 23.8 Å². The lowest BCUT2D eigenvalue weighted by atomic mass is 10.1. The molecule has 2 aromatic heterocycles. The average molecular weight is 333 g/mol. The molecule has 0 aliphatic rings. The van der Waals surface area contributed by atoms with Crippen LogP contribution in [0.1, 0.15) is 11.1 Å². The van der Waals surface area contributed by atoms with E-state index < -0.39 is 0 Å². The summed E-state index contributed by atoms with van der Waals surface area (Å²) in [5.41, 5.74) is 3.81. The molecule has 0 saturated carbocycles. The van der Waals surface area contributed by atoms with Crippen LogP contribution in [-0.2, 0) is 11.3 Å². The van der Waals surface area contributed by atoms with Crippen molar-refractivity contribution in [2.75, 3.05) is 6.61 Å². The normalized spacial score (nSPS) is 10.3. The van der Waals surface area contributed by atoms with Gasteiger partial charge < -0.3 is 10.1 Å². The molecule has 0 spiro atoms. The summed E-state index contributed by atoms with van der Waals surface area (Å²) in [4.78, 5) is 20.6. The largest absolute Gasteiger partial charge is 0.484 e. The van der Waals surface area contributed by atoms with Gasteiger partial charge in [0.25, 0.3) is 5.91 Å². The van der Waals surface area contributed by atoms with E-state index in [-0.39, 0.29) is 12.5 Å². The van der Waals surface area contributed by atoms with Gasteiger partial charge in [0.15, 0.2) is 6.61 Å². The molecule has 0 aliphatic carbocycles. The van der Waals surface area contributed by atoms with Crippen LogP contribution in [0.2, 0.25) is 0 Å². The minimum Gasteiger partial charge on any atom is -0.484 e. The Morgan fingerprint density at radius 1 is 1.08 bits per heavy atom. The first kappa shape index (κ1) is 16.6. The van der Waals surface area contributed by atoms with E-state index in [0.29, 0.717) is 12.3 Å². The van der Waals surface area contributed by atoms with E-state index in [0.717, 1.165) is 22.4 Å². The molecule has 5 nitrogen and oxygen atoms in total. The molecule has 2 heterocycles. The van der Waals surface area contributed by atoms with Crippen LogP contribution in [0, 0.1) is 6.92 Å². The predicted molar refractivity (Wildman–Crippen MR) is 96.0 cm³/mol. The summed E-state index contributed by atoms with van der Waals surface area (Å²) in [6.07, 6.45) is 5.21. The third kappa shape index (κ3) is 4.64. The molecule has 0 bridgehead atoms. The molecule has 3 aromatic rings. The van der Waals surface area contributed by atoms with Crippen LogP contribution in [0.4, 0.5) is 0 Å². The predicted octanol–water partition coefficient (Wildman–Crippen LogP) is 3.15. The second kappa shape index (κ2) is 8.06. The lowest BCUT2D eigenvalue weighted by Crippen LogP contribution is -2.28. The molecule has 0 saturated heterocycles. The van der Waals surface area contributed by atoms with Gasteiger partial charge in [0, 0.05) is 30.7 Å². The molecule has 0 atom stereocenters. The Hall–Kier alpha value is -3.21. The van der Waals surface area contributed by atoms with Gasteiger partial charge in [-0.3, -0.25) is 14.8 Å². The molecule has 5 heteroatoms. The number of pyridine rings is 2. The standard InChI is InChI=1S/C20H19N3O2/c1-15-6-8-18(9-7-15)25-14-19(24)23-13-17-5-3-11-22-20(17)16-4-2-10-21-12-16/h2-12H,13-14H2,1H3,(H,23,24). The molecular formula is C20H19N3O2. The number of carbonyl (C=O) groups is 1. The number of carbonyl (C=O) groups excluding carboxylic acids is 1. The highest BCUT2D eigenvalue weighted by Gasteiger charge is 2.08. The quantitative estimate of drug-likeness (QED) is 0.753. The third-order valence-corrected chi connectivity index (χ3v) is 3.69. The molecule has 0 aliphatic heterocycles. The Bertz CT molecular complexity index is 833. The number of aromatic nitrogens is 2. The van der Waals surface area contributed by atoms with Crippen LogP contribution >= 0.6 is 0 Å². The van der Waals surface area contributed by atoms with Crippen LogP contribution < -0.4 is 10.1 Å². The maximum absolute atomic E-state index is 12.0. The van der Waals surface area contributed by atoms with Gasteiger partial charge >= 0.3 is 0 Å². The molecule has 0 radical (unpaired) electrons. The summed E-state index contributed by atoms with van der Waals surface area (Å²) < 4.78 is 5.49. The maximum Gasteiger partial charge on any atom is 0.258 e. The Morgan fingerprint density at radius 2 is 1.88 bits per heavy atom. The van der Waals surface area contributed by atoms with Crippen molar-refractivity contribution in [1.29, 1.82) is 0 Å². The zero-order chi connectivity index (χ0) is 17.5. The van der Waals surface area contributed by atoms with Crippen LogP contribution in [0.15, 0.2) is 67.1 Å². The number of amides is 1. The Kier molecular flexibility index (Phi) is 5.36. The summed E-state index contributed by atoms with van der Waals surface area (Å²) in [6, 6.07) is 15.2. The Labute approximate surface area is 146 Å². The number of hydrogen-bond acceptors (Lipinski definition) is 4. The minimum absolute atomic E-state index is 0.0223. The number of nitrogens with zero attached hydrogens (tertiary/aromatic N) is 2. The monoisotopic (exact) mass is 333 g/mol. The van der Waals surface area contributed by atoms with E-state index in [9.17, 15) is 4.79 Å². The smallest absolute Gasteiger partial charge is 0.258 e.